The highest BCUT2D eigenvalue weighted by Crippen LogP contribution is 2.35. The van der Waals surface area contributed by atoms with Gasteiger partial charge in [-0.2, -0.15) is 4.31 Å². The van der Waals surface area contributed by atoms with Crippen molar-refractivity contribution in [2.75, 3.05) is 38.1 Å². The monoisotopic (exact) mass is 459 g/mol. The highest BCUT2D eigenvalue weighted by Gasteiger charge is 2.33. The van der Waals surface area contributed by atoms with E-state index in [9.17, 15) is 18.0 Å². The molecule has 1 atom stereocenters. The van der Waals surface area contributed by atoms with Crippen LogP contribution in [-0.2, 0) is 19.6 Å². The van der Waals surface area contributed by atoms with Crippen LogP contribution in [0.15, 0.2) is 47.4 Å². The Morgan fingerprint density at radius 3 is 2.53 bits per heavy atom. The summed E-state index contributed by atoms with van der Waals surface area (Å²) >= 11 is 0. The van der Waals surface area contributed by atoms with Gasteiger partial charge in [0, 0.05) is 32.2 Å². The smallest absolute Gasteiger partial charge is 0.265 e. The molecule has 2 aromatic carbocycles. The number of para-hydroxylation sites is 1. The largest absolute Gasteiger partial charge is 0.484 e. The molecule has 2 aliphatic rings. The molecule has 0 spiro atoms. The lowest BCUT2D eigenvalue weighted by molar-refractivity contribution is -0.134. The molecular formula is C22H25N3O6S. The molecule has 10 heteroatoms. The van der Waals surface area contributed by atoms with Crippen LogP contribution in [0.5, 0.6) is 11.5 Å². The molecule has 32 heavy (non-hydrogen) atoms. The average Bonchev–Trinajstić information content (AvgIpc) is 2.79. The van der Waals surface area contributed by atoms with Gasteiger partial charge in [0.15, 0.2) is 12.7 Å². The SMILES string of the molecule is Cc1cc2c(cc1S(=O)(=O)N1CCN(C(=O)COc3ccccc3)CC1)OC(C)C(=O)N2. The Balaban J connectivity index is 1.41. The number of amides is 2. The summed E-state index contributed by atoms with van der Waals surface area (Å²) in [6.45, 7) is 4.12. The third-order valence-electron chi connectivity index (χ3n) is 5.52. The van der Waals surface area contributed by atoms with Gasteiger partial charge in [0.05, 0.1) is 10.6 Å². The van der Waals surface area contributed by atoms with Gasteiger partial charge in [-0.15, -0.1) is 0 Å². The fourth-order valence-corrected chi connectivity index (χ4v) is 5.33. The van der Waals surface area contributed by atoms with Gasteiger partial charge >= 0.3 is 0 Å². The van der Waals surface area contributed by atoms with Gasteiger partial charge in [-0.3, -0.25) is 9.59 Å². The second-order valence-electron chi connectivity index (χ2n) is 7.75. The summed E-state index contributed by atoms with van der Waals surface area (Å²) in [5.74, 6) is 0.476. The van der Waals surface area contributed by atoms with E-state index in [2.05, 4.69) is 5.32 Å². The van der Waals surface area contributed by atoms with E-state index >= 15 is 0 Å². The number of ether oxygens (including phenoxy) is 2. The summed E-state index contributed by atoms with van der Waals surface area (Å²) < 4.78 is 39.0. The number of carbonyl (C=O) groups excluding carboxylic acids is 2. The summed E-state index contributed by atoms with van der Waals surface area (Å²) in [6, 6.07) is 12.1. The molecule has 1 fully saturated rings. The Kier molecular flexibility index (Phi) is 6.07. The molecule has 1 N–H and O–H groups in total. The van der Waals surface area contributed by atoms with Crippen molar-refractivity contribution in [2.24, 2.45) is 0 Å². The fraction of sp³-hybridized carbons (Fsp3) is 0.364. The van der Waals surface area contributed by atoms with E-state index in [1.54, 1.807) is 36.9 Å². The van der Waals surface area contributed by atoms with Crippen molar-refractivity contribution in [1.82, 2.24) is 9.21 Å². The summed E-state index contributed by atoms with van der Waals surface area (Å²) in [6.07, 6.45) is -0.701. The Bertz CT molecular complexity index is 1130. The van der Waals surface area contributed by atoms with Crippen LogP contribution in [0.2, 0.25) is 0 Å². The Morgan fingerprint density at radius 1 is 1.16 bits per heavy atom. The molecule has 2 amide bonds. The zero-order chi connectivity index (χ0) is 22.9. The lowest BCUT2D eigenvalue weighted by Gasteiger charge is -2.34. The molecule has 0 aromatic heterocycles. The highest BCUT2D eigenvalue weighted by molar-refractivity contribution is 7.89. The number of benzene rings is 2. The van der Waals surface area contributed by atoms with E-state index in [1.807, 2.05) is 18.2 Å². The fourth-order valence-electron chi connectivity index (χ4n) is 3.69. The van der Waals surface area contributed by atoms with Gasteiger partial charge in [0.1, 0.15) is 11.5 Å². The number of nitrogens with one attached hydrogen (secondary N) is 1. The predicted molar refractivity (Wildman–Crippen MR) is 117 cm³/mol. The number of hydrogen-bond acceptors (Lipinski definition) is 6. The molecule has 1 saturated heterocycles. The van der Waals surface area contributed by atoms with Crippen molar-refractivity contribution in [2.45, 2.75) is 24.8 Å². The lowest BCUT2D eigenvalue weighted by Crippen LogP contribution is -2.51. The Labute approximate surface area is 187 Å². The molecule has 0 saturated carbocycles. The molecule has 0 bridgehead atoms. The van der Waals surface area contributed by atoms with E-state index in [0.29, 0.717) is 22.7 Å². The maximum absolute atomic E-state index is 13.3. The first-order valence-corrected chi connectivity index (χ1v) is 11.8. The normalized spacial score (nSPS) is 19.0. The number of piperazine rings is 1. The van der Waals surface area contributed by atoms with Gasteiger partial charge in [0.25, 0.3) is 11.8 Å². The lowest BCUT2D eigenvalue weighted by atomic mass is 10.1. The highest BCUT2D eigenvalue weighted by atomic mass is 32.2. The van der Waals surface area contributed by atoms with Crippen LogP contribution in [0.25, 0.3) is 0 Å². The molecule has 2 aromatic rings. The van der Waals surface area contributed by atoms with Crippen molar-refractivity contribution >= 4 is 27.5 Å². The van der Waals surface area contributed by atoms with Crippen molar-refractivity contribution < 1.29 is 27.5 Å². The number of nitrogens with zero attached hydrogens (tertiary/aromatic N) is 2. The predicted octanol–water partition coefficient (Wildman–Crippen LogP) is 1.63. The van der Waals surface area contributed by atoms with Gasteiger partial charge in [-0.1, -0.05) is 18.2 Å². The van der Waals surface area contributed by atoms with Gasteiger partial charge in [-0.25, -0.2) is 8.42 Å². The third-order valence-corrected chi connectivity index (χ3v) is 7.56. The van der Waals surface area contributed by atoms with Gasteiger partial charge in [-0.05, 0) is 37.6 Å². The van der Waals surface area contributed by atoms with E-state index < -0.39 is 16.1 Å². The number of aryl methyl sites for hydroxylation is 1. The summed E-state index contributed by atoms with van der Waals surface area (Å²) in [5, 5.41) is 2.72. The zero-order valence-corrected chi connectivity index (χ0v) is 18.7. The topological polar surface area (TPSA) is 105 Å². The van der Waals surface area contributed by atoms with Crippen molar-refractivity contribution in [3.63, 3.8) is 0 Å². The summed E-state index contributed by atoms with van der Waals surface area (Å²) in [5.41, 5.74) is 0.968. The quantitative estimate of drug-likeness (QED) is 0.729. The first-order chi connectivity index (χ1) is 15.3. The first kappa shape index (κ1) is 22.1. The Hall–Kier alpha value is -3.11. The van der Waals surface area contributed by atoms with Crippen LogP contribution >= 0.6 is 0 Å². The average molecular weight is 460 g/mol. The van der Waals surface area contributed by atoms with E-state index in [0.717, 1.165) is 0 Å². The number of hydrogen-bond donors (Lipinski definition) is 1. The molecule has 1 unspecified atom stereocenters. The molecule has 2 heterocycles. The standard InChI is InChI=1S/C22H25N3O6S/c1-15-12-18-19(31-16(2)22(27)23-18)13-20(15)32(28,29)25-10-8-24(9-11-25)21(26)14-30-17-6-4-3-5-7-17/h3-7,12-13,16H,8-11,14H2,1-2H3,(H,23,27). The van der Waals surface area contributed by atoms with Crippen LogP contribution < -0.4 is 14.8 Å². The number of anilines is 1. The van der Waals surface area contributed by atoms with Crippen molar-refractivity contribution in [1.29, 1.82) is 0 Å². The summed E-state index contributed by atoms with van der Waals surface area (Å²) in [4.78, 5) is 26.0. The third kappa shape index (κ3) is 4.42. The minimum atomic E-state index is -3.79. The molecule has 9 nitrogen and oxygen atoms in total. The number of sulfonamides is 1. The number of carbonyl (C=O) groups is 2. The molecule has 2 aliphatic heterocycles. The minimum absolute atomic E-state index is 0.0953. The zero-order valence-electron chi connectivity index (χ0n) is 17.9. The van der Waals surface area contributed by atoms with Gasteiger partial charge < -0.3 is 19.7 Å². The second kappa shape index (κ2) is 8.79. The molecule has 0 radical (unpaired) electrons. The van der Waals surface area contributed by atoms with E-state index in [-0.39, 0.29) is 49.5 Å². The van der Waals surface area contributed by atoms with Crippen molar-refractivity contribution in [3.8, 4) is 11.5 Å². The van der Waals surface area contributed by atoms with Crippen LogP contribution in [-0.4, -0.2) is 68.3 Å². The van der Waals surface area contributed by atoms with E-state index in [1.165, 1.54) is 10.4 Å². The molecule has 0 aliphatic carbocycles. The van der Waals surface area contributed by atoms with Crippen LogP contribution in [0, 0.1) is 6.92 Å². The first-order valence-electron chi connectivity index (χ1n) is 10.3. The maximum Gasteiger partial charge on any atom is 0.265 e. The molecule has 4 rings (SSSR count). The molecular weight excluding hydrogens is 434 g/mol. The van der Waals surface area contributed by atoms with E-state index in [4.69, 9.17) is 9.47 Å². The maximum atomic E-state index is 13.3. The Morgan fingerprint density at radius 2 is 1.84 bits per heavy atom. The number of fused-ring (bicyclic) bond motifs is 1. The van der Waals surface area contributed by atoms with Crippen LogP contribution in [0.4, 0.5) is 5.69 Å². The second-order valence-corrected chi connectivity index (χ2v) is 9.66. The minimum Gasteiger partial charge on any atom is -0.484 e. The van der Waals surface area contributed by atoms with Crippen LogP contribution in [0.1, 0.15) is 12.5 Å². The number of rotatable bonds is 5. The van der Waals surface area contributed by atoms with Gasteiger partial charge in [0.2, 0.25) is 10.0 Å². The van der Waals surface area contributed by atoms with Crippen LogP contribution in [0.3, 0.4) is 0 Å². The molecule has 170 valence electrons. The van der Waals surface area contributed by atoms with Crippen molar-refractivity contribution in [3.05, 3.63) is 48.0 Å². The summed E-state index contributed by atoms with van der Waals surface area (Å²) in [7, 11) is -3.79.